The highest BCUT2D eigenvalue weighted by molar-refractivity contribution is 6.02. The Hall–Kier alpha value is -3.28. The number of anilines is 1. The second kappa shape index (κ2) is 6.23. The van der Waals surface area contributed by atoms with Crippen LogP contribution in [0, 0.1) is 6.92 Å². The van der Waals surface area contributed by atoms with Gasteiger partial charge >= 0.3 is 5.97 Å². The van der Waals surface area contributed by atoms with Crippen LogP contribution in [0.1, 0.15) is 26.7 Å². The first-order chi connectivity index (χ1) is 11.1. The van der Waals surface area contributed by atoms with E-state index in [2.05, 4.69) is 5.32 Å². The number of ether oxygens (including phenoxy) is 1. The van der Waals surface area contributed by atoms with E-state index < -0.39 is 5.97 Å². The molecule has 0 atom stereocenters. The molecule has 3 rings (SSSR count). The molecule has 3 aromatic rings. The average Bonchev–Trinajstić information content (AvgIpc) is 3.23. The minimum atomic E-state index is -0.582. The molecule has 0 bridgehead atoms. The number of amides is 1. The molecule has 1 aromatic carbocycles. The first-order valence-corrected chi connectivity index (χ1v) is 6.84. The van der Waals surface area contributed by atoms with Gasteiger partial charge in [-0.2, -0.15) is 0 Å². The first-order valence-electron chi connectivity index (χ1n) is 6.84. The summed E-state index contributed by atoms with van der Waals surface area (Å²) in [6, 6.07) is 11.2. The van der Waals surface area contributed by atoms with Crippen molar-refractivity contribution < 1.29 is 23.2 Å². The van der Waals surface area contributed by atoms with Gasteiger partial charge in [-0.1, -0.05) is 0 Å². The quantitative estimate of drug-likeness (QED) is 0.587. The number of hydrogen-bond donors (Lipinski definition) is 1. The Morgan fingerprint density at radius 1 is 1.00 bits per heavy atom. The summed E-state index contributed by atoms with van der Waals surface area (Å²) in [4.78, 5) is 23.7. The molecule has 0 saturated carbocycles. The number of carbonyl (C=O) groups is 2. The molecule has 23 heavy (non-hydrogen) atoms. The summed E-state index contributed by atoms with van der Waals surface area (Å²) >= 11 is 0. The standard InChI is InChI=1S/C17H13NO5/c1-11-10-12(23-17(20)15-5-3-9-22-15)6-7-13(11)18-16(19)14-4-2-8-21-14/h2-10H,1H3,(H,18,19). The predicted octanol–water partition coefficient (Wildman–Crippen LogP) is 3.65. The van der Waals surface area contributed by atoms with Gasteiger partial charge in [-0.15, -0.1) is 0 Å². The highest BCUT2D eigenvalue weighted by Gasteiger charge is 2.13. The fraction of sp³-hybridized carbons (Fsp3) is 0.0588. The lowest BCUT2D eigenvalue weighted by Gasteiger charge is -2.09. The van der Waals surface area contributed by atoms with E-state index in [-0.39, 0.29) is 17.4 Å². The van der Waals surface area contributed by atoms with E-state index in [9.17, 15) is 9.59 Å². The predicted molar refractivity (Wildman–Crippen MR) is 81.5 cm³/mol. The van der Waals surface area contributed by atoms with Crippen molar-refractivity contribution in [2.24, 2.45) is 0 Å². The Bertz CT molecular complexity index is 819. The van der Waals surface area contributed by atoms with Crippen molar-refractivity contribution in [3.8, 4) is 5.75 Å². The minimum absolute atomic E-state index is 0.123. The lowest BCUT2D eigenvalue weighted by atomic mass is 10.2. The fourth-order valence-corrected chi connectivity index (χ4v) is 1.98. The maximum Gasteiger partial charge on any atom is 0.379 e. The van der Waals surface area contributed by atoms with E-state index in [1.54, 1.807) is 43.3 Å². The molecule has 1 amide bonds. The van der Waals surface area contributed by atoms with Gasteiger partial charge in [0.1, 0.15) is 5.75 Å². The van der Waals surface area contributed by atoms with Gasteiger partial charge in [0.15, 0.2) is 5.76 Å². The summed E-state index contributed by atoms with van der Waals surface area (Å²) in [7, 11) is 0. The Labute approximate surface area is 131 Å². The van der Waals surface area contributed by atoms with Crippen molar-refractivity contribution in [1.82, 2.24) is 0 Å². The highest BCUT2D eigenvalue weighted by Crippen LogP contribution is 2.23. The molecule has 0 spiro atoms. The van der Waals surface area contributed by atoms with Crippen molar-refractivity contribution in [2.45, 2.75) is 6.92 Å². The molecule has 0 unspecified atom stereocenters. The monoisotopic (exact) mass is 311 g/mol. The number of aryl methyl sites for hydroxylation is 1. The Morgan fingerprint density at radius 3 is 2.30 bits per heavy atom. The summed E-state index contributed by atoms with van der Waals surface area (Å²) in [6.45, 7) is 1.79. The zero-order chi connectivity index (χ0) is 16.2. The van der Waals surface area contributed by atoms with E-state index in [1.165, 1.54) is 18.6 Å². The molecule has 0 aliphatic carbocycles. The Balaban J connectivity index is 1.71. The molecule has 0 saturated heterocycles. The Morgan fingerprint density at radius 2 is 1.70 bits per heavy atom. The molecule has 0 aliphatic heterocycles. The number of rotatable bonds is 4. The number of hydrogen-bond acceptors (Lipinski definition) is 5. The molecule has 6 nitrogen and oxygen atoms in total. The molecule has 2 aromatic heterocycles. The lowest BCUT2D eigenvalue weighted by molar-refractivity contribution is 0.0701. The number of furan rings is 2. The third-order valence-electron chi connectivity index (χ3n) is 3.12. The normalized spacial score (nSPS) is 10.3. The van der Waals surface area contributed by atoms with E-state index in [4.69, 9.17) is 13.6 Å². The van der Waals surface area contributed by atoms with Crippen LogP contribution in [0.15, 0.2) is 63.8 Å². The maximum absolute atomic E-state index is 11.9. The SMILES string of the molecule is Cc1cc(OC(=O)c2ccco2)ccc1NC(=O)c1ccco1. The summed E-state index contributed by atoms with van der Waals surface area (Å²) in [6.07, 6.45) is 2.83. The van der Waals surface area contributed by atoms with Crippen LogP contribution in [0.5, 0.6) is 5.75 Å². The van der Waals surface area contributed by atoms with Gasteiger partial charge in [-0.25, -0.2) is 4.79 Å². The van der Waals surface area contributed by atoms with Crippen molar-refractivity contribution in [3.05, 3.63) is 72.1 Å². The molecular formula is C17H13NO5. The third-order valence-corrected chi connectivity index (χ3v) is 3.12. The molecule has 0 aliphatic rings. The maximum atomic E-state index is 11.9. The lowest BCUT2D eigenvalue weighted by Crippen LogP contribution is -2.12. The van der Waals surface area contributed by atoms with Crippen LogP contribution in [0.3, 0.4) is 0 Å². The van der Waals surface area contributed by atoms with Crippen LogP contribution < -0.4 is 10.1 Å². The number of esters is 1. The van der Waals surface area contributed by atoms with Crippen LogP contribution in [0.4, 0.5) is 5.69 Å². The van der Waals surface area contributed by atoms with E-state index >= 15 is 0 Å². The molecule has 0 fully saturated rings. The molecule has 0 radical (unpaired) electrons. The summed E-state index contributed by atoms with van der Waals surface area (Å²) in [5.74, 6) is -0.226. The molecule has 116 valence electrons. The van der Waals surface area contributed by atoms with Crippen LogP contribution in [-0.2, 0) is 0 Å². The van der Waals surface area contributed by atoms with Crippen molar-refractivity contribution in [2.75, 3.05) is 5.32 Å². The summed E-state index contributed by atoms with van der Waals surface area (Å²) < 4.78 is 15.2. The van der Waals surface area contributed by atoms with E-state index in [0.717, 1.165) is 5.56 Å². The second-order valence-corrected chi connectivity index (χ2v) is 4.77. The first kappa shape index (κ1) is 14.6. The van der Waals surface area contributed by atoms with Crippen molar-refractivity contribution >= 4 is 17.6 Å². The molecule has 6 heteroatoms. The van der Waals surface area contributed by atoms with E-state index in [0.29, 0.717) is 11.4 Å². The largest absolute Gasteiger partial charge is 0.459 e. The zero-order valence-electron chi connectivity index (χ0n) is 12.2. The number of carbonyl (C=O) groups excluding carboxylic acids is 2. The van der Waals surface area contributed by atoms with Crippen LogP contribution in [0.25, 0.3) is 0 Å². The van der Waals surface area contributed by atoms with Crippen molar-refractivity contribution in [3.63, 3.8) is 0 Å². The second-order valence-electron chi connectivity index (χ2n) is 4.77. The van der Waals surface area contributed by atoms with E-state index in [1.807, 2.05) is 0 Å². The van der Waals surface area contributed by atoms with Crippen LogP contribution in [0.2, 0.25) is 0 Å². The fourth-order valence-electron chi connectivity index (χ4n) is 1.98. The van der Waals surface area contributed by atoms with Crippen LogP contribution >= 0.6 is 0 Å². The van der Waals surface area contributed by atoms with Gasteiger partial charge in [0, 0.05) is 5.69 Å². The third kappa shape index (κ3) is 3.32. The topological polar surface area (TPSA) is 81.7 Å². The van der Waals surface area contributed by atoms with Gasteiger partial charge in [-0.3, -0.25) is 4.79 Å². The minimum Gasteiger partial charge on any atom is -0.459 e. The smallest absolute Gasteiger partial charge is 0.379 e. The molecular weight excluding hydrogens is 298 g/mol. The summed E-state index contributed by atoms with van der Waals surface area (Å²) in [5, 5.41) is 2.73. The van der Waals surface area contributed by atoms with Crippen LogP contribution in [-0.4, -0.2) is 11.9 Å². The number of benzene rings is 1. The van der Waals surface area contributed by atoms with Gasteiger partial charge in [-0.05, 0) is 55.0 Å². The Kier molecular flexibility index (Phi) is 3.97. The van der Waals surface area contributed by atoms with Gasteiger partial charge in [0.2, 0.25) is 5.76 Å². The van der Waals surface area contributed by atoms with Gasteiger partial charge in [0.05, 0.1) is 12.5 Å². The summed E-state index contributed by atoms with van der Waals surface area (Å²) in [5.41, 5.74) is 1.35. The average molecular weight is 311 g/mol. The zero-order valence-corrected chi connectivity index (χ0v) is 12.2. The number of nitrogens with one attached hydrogen (secondary N) is 1. The van der Waals surface area contributed by atoms with Gasteiger partial charge < -0.3 is 18.9 Å². The molecule has 1 N–H and O–H groups in total. The van der Waals surface area contributed by atoms with Crippen molar-refractivity contribution in [1.29, 1.82) is 0 Å². The van der Waals surface area contributed by atoms with Gasteiger partial charge in [0.25, 0.3) is 5.91 Å². The molecule has 2 heterocycles. The highest BCUT2D eigenvalue weighted by atomic mass is 16.5.